The van der Waals surface area contributed by atoms with Crippen molar-refractivity contribution in [3.8, 4) is 0 Å². The van der Waals surface area contributed by atoms with E-state index in [1.54, 1.807) is 0 Å². The minimum atomic E-state index is -5.08. The van der Waals surface area contributed by atoms with E-state index in [1.807, 2.05) is 0 Å². The Morgan fingerprint density at radius 1 is 1.36 bits per heavy atom. The van der Waals surface area contributed by atoms with E-state index in [9.17, 15) is 37.3 Å². The van der Waals surface area contributed by atoms with Crippen LogP contribution in [-0.2, 0) is 34.3 Å². The molecule has 3 atom stereocenters. The Labute approximate surface area is 224 Å². The van der Waals surface area contributed by atoms with Crippen LogP contribution in [-0.4, -0.2) is 111 Å². The van der Waals surface area contributed by atoms with Crippen molar-refractivity contribution >= 4 is 62.3 Å². The van der Waals surface area contributed by atoms with Crippen molar-refractivity contribution in [3.63, 3.8) is 0 Å². The predicted molar refractivity (Wildman–Crippen MR) is 132 cm³/mol. The predicted octanol–water partition coefficient (Wildman–Crippen LogP) is -3.10. The molecule has 21 heteroatoms. The largest absolute Gasteiger partial charge is 0.478 e. The Balaban J connectivity index is 1.84. The van der Waals surface area contributed by atoms with Gasteiger partial charge < -0.3 is 42.1 Å². The molecule has 19 nitrogen and oxygen atoms in total. The molecule has 214 valence electrons. The summed E-state index contributed by atoms with van der Waals surface area (Å²) in [6, 6.07) is -3.03. The number of hydrogen-bond acceptors (Lipinski definition) is 13. The first-order valence-electron chi connectivity index (χ1n) is 10.8. The number of β-lactam (4-membered cyclic amide) rings is 1. The second kappa shape index (κ2) is 10.9. The molecular formula is C18H25N9O10S2. The number of carbonyl (C=O) groups excluding carboxylic acids is 3. The summed E-state index contributed by atoms with van der Waals surface area (Å²) in [5, 5.41) is 16.4. The van der Waals surface area contributed by atoms with Crippen molar-refractivity contribution < 1.29 is 46.8 Å². The Hall–Kier alpha value is -4.24. The molecule has 3 unspecified atom stereocenters. The number of guanidine groups is 1. The number of cyclic esters (lactones) is 1. The van der Waals surface area contributed by atoms with Gasteiger partial charge in [0.15, 0.2) is 16.8 Å². The molecule has 0 bridgehead atoms. The molecule has 0 saturated carbocycles. The van der Waals surface area contributed by atoms with E-state index in [1.165, 1.54) is 5.38 Å². The highest BCUT2D eigenvalue weighted by Gasteiger charge is 2.55. The number of aromatic nitrogens is 1. The fraction of sp³-hybridized carbons (Fsp3) is 0.500. The average Bonchev–Trinajstić information content (AvgIpc) is 3.39. The highest BCUT2D eigenvalue weighted by atomic mass is 32.2. The van der Waals surface area contributed by atoms with Gasteiger partial charge in [-0.25, -0.2) is 23.9 Å². The fourth-order valence-corrected chi connectivity index (χ4v) is 4.82. The summed E-state index contributed by atoms with van der Waals surface area (Å²) in [6.45, 7) is 1.67. The van der Waals surface area contributed by atoms with Crippen molar-refractivity contribution in [2.24, 2.45) is 21.6 Å². The number of amides is 3. The van der Waals surface area contributed by atoms with Crippen LogP contribution >= 0.6 is 11.3 Å². The smallest absolute Gasteiger partial charge is 0.410 e. The number of carbonyl (C=O) groups is 4. The molecule has 0 aliphatic carbocycles. The Bertz CT molecular complexity index is 1340. The zero-order chi connectivity index (χ0) is 29.3. The maximum Gasteiger partial charge on any atom is 0.410 e. The topological polar surface area (TPSA) is 296 Å². The molecule has 0 spiro atoms. The van der Waals surface area contributed by atoms with Gasteiger partial charge in [-0.1, -0.05) is 5.16 Å². The van der Waals surface area contributed by atoms with Gasteiger partial charge in [-0.3, -0.25) is 14.1 Å². The third kappa shape index (κ3) is 6.61. The summed E-state index contributed by atoms with van der Waals surface area (Å²) in [6.07, 6.45) is -1.67. The van der Waals surface area contributed by atoms with Gasteiger partial charge in [0.1, 0.15) is 17.8 Å². The SMILES string of the molecule is CC(C)(ON=C(C(=O)NC1C(=O)N(S(=O)(=O)O)C1CN1CC(CN=C(N)N)OC1=O)c1csc(N)n1)C(=O)O. The molecule has 3 rings (SSSR count). The first-order chi connectivity index (χ1) is 18.0. The number of aliphatic carboxylic acids is 1. The number of rotatable bonds is 11. The van der Waals surface area contributed by atoms with Crippen LogP contribution in [0.5, 0.6) is 0 Å². The Kier molecular flexibility index (Phi) is 8.16. The van der Waals surface area contributed by atoms with Crippen LogP contribution < -0.4 is 22.5 Å². The highest BCUT2D eigenvalue weighted by molar-refractivity contribution is 7.84. The number of anilines is 1. The Morgan fingerprint density at radius 2 is 2.03 bits per heavy atom. The first kappa shape index (κ1) is 29.3. The summed E-state index contributed by atoms with van der Waals surface area (Å²) in [5.41, 5.74) is 13.6. The third-order valence-corrected chi connectivity index (χ3v) is 7.02. The average molecular weight is 592 g/mol. The van der Waals surface area contributed by atoms with Gasteiger partial charge in [-0.15, -0.1) is 11.3 Å². The molecule has 9 N–H and O–H groups in total. The minimum absolute atomic E-state index is 0.0287. The lowest BCUT2D eigenvalue weighted by molar-refractivity contribution is -0.161. The van der Waals surface area contributed by atoms with Crippen molar-refractivity contribution in [3.05, 3.63) is 11.1 Å². The maximum absolute atomic E-state index is 13.1. The first-order valence-corrected chi connectivity index (χ1v) is 13.1. The third-order valence-electron chi connectivity index (χ3n) is 5.40. The van der Waals surface area contributed by atoms with E-state index >= 15 is 0 Å². The van der Waals surface area contributed by atoms with E-state index in [0.29, 0.717) is 0 Å². The summed E-state index contributed by atoms with van der Waals surface area (Å²) in [7, 11) is -5.08. The molecule has 0 aromatic carbocycles. The van der Waals surface area contributed by atoms with Crippen LogP contribution in [0.2, 0.25) is 0 Å². The molecule has 2 aliphatic heterocycles. The summed E-state index contributed by atoms with van der Waals surface area (Å²) < 4.78 is 38.4. The van der Waals surface area contributed by atoms with Gasteiger partial charge in [-0.2, -0.15) is 8.42 Å². The summed E-state index contributed by atoms with van der Waals surface area (Å²) >= 11 is 0.924. The molecule has 0 radical (unpaired) electrons. The van der Waals surface area contributed by atoms with E-state index in [4.69, 9.17) is 26.8 Å². The number of oxime groups is 1. The van der Waals surface area contributed by atoms with E-state index < -0.39 is 70.2 Å². The number of nitrogens with one attached hydrogen (secondary N) is 1. The second-order valence-electron chi connectivity index (χ2n) is 8.72. The van der Waals surface area contributed by atoms with Crippen molar-refractivity contribution in [2.45, 2.75) is 37.6 Å². The van der Waals surface area contributed by atoms with Crippen molar-refractivity contribution in [2.75, 3.05) is 25.4 Å². The molecule has 2 saturated heterocycles. The lowest BCUT2D eigenvalue weighted by Gasteiger charge is -2.45. The second-order valence-corrected chi connectivity index (χ2v) is 10.9. The van der Waals surface area contributed by atoms with Crippen LogP contribution in [0.25, 0.3) is 0 Å². The highest BCUT2D eigenvalue weighted by Crippen LogP contribution is 2.27. The zero-order valence-electron chi connectivity index (χ0n) is 20.4. The monoisotopic (exact) mass is 591 g/mol. The van der Waals surface area contributed by atoms with Crippen LogP contribution in [0.3, 0.4) is 0 Å². The van der Waals surface area contributed by atoms with Gasteiger partial charge in [0.25, 0.3) is 11.8 Å². The zero-order valence-corrected chi connectivity index (χ0v) is 22.0. The van der Waals surface area contributed by atoms with Crippen LogP contribution in [0, 0.1) is 0 Å². The molecule has 1 aromatic heterocycles. The lowest BCUT2D eigenvalue weighted by atomic mass is 9.97. The number of carboxylic acid groups (broad SMARTS) is 1. The number of nitrogens with zero attached hydrogens (tertiary/aromatic N) is 5. The molecule has 2 aliphatic rings. The quantitative estimate of drug-likeness (QED) is 0.0488. The van der Waals surface area contributed by atoms with E-state index in [2.05, 4.69) is 20.4 Å². The van der Waals surface area contributed by atoms with Crippen LogP contribution in [0.15, 0.2) is 15.5 Å². The Morgan fingerprint density at radius 3 is 2.56 bits per heavy atom. The van der Waals surface area contributed by atoms with Gasteiger partial charge in [0.05, 0.1) is 19.1 Å². The standard InChI is InChI=1S/C18H25N9O10S2/c1-18(2,14(30)31)37-25-10(8-6-38-16(21)23-8)12(28)24-11-9(27(13(11)29)39(33,34)35)5-26-4-7(36-17(26)32)3-22-15(19)20/h6-7,9,11H,3-5H2,1-2H3,(H2,21,23)(H,24,28)(H,30,31)(H4,19,20,22)(H,33,34,35). The number of ether oxygens (including phenoxy) is 1. The van der Waals surface area contributed by atoms with Gasteiger partial charge in [0.2, 0.25) is 5.60 Å². The van der Waals surface area contributed by atoms with E-state index in [0.717, 1.165) is 30.1 Å². The minimum Gasteiger partial charge on any atom is -0.478 e. The molecule has 1 aromatic rings. The van der Waals surface area contributed by atoms with Crippen molar-refractivity contribution in [1.29, 1.82) is 0 Å². The maximum atomic E-state index is 13.1. The van der Waals surface area contributed by atoms with Gasteiger partial charge in [0, 0.05) is 11.9 Å². The van der Waals surface area contributed by atoms with Crippen LogP contribution in [0.1, 0.15) is 19.5 Å². The number of hydrogen-bond donors (Lipinski definition) is 6. The molecular weight excluding hydrogens is 566 g/mol. The molecule has 39 heavy (non-hydrogen) atoms. The number of carboxylic acids is 1. The normalized spacial score (nSPS) is 21.7. The molecule has 3 amide bonds. The van der Waals surface area contributed by atoms with Gasteiger partial charge >= 0.3 is 22.4 Å². The number of thiazole rings is 1. The van der Waals surface area contributed by atoms with Crippen molar-refractivity contribution in [1.82, 2.24) is 19.5 Å². The summed E-state index contributed by atoms with van der Waals surface area (Å²) in [4.78, 5) is 63.1. The molecule has 2 fully saturated rings. The van der Waals surface area contributed by atoms with Gasteiger partial charge in [-0.05, 0) is 13.8 Å². The molecule has 3 heterocycles. The fourth-order valence-electron chi connectivity index (χ4n) is 3.40. The number of nitrogen functional groups attached to an aromatic ring is 1. The lowest BCUT2D eigenvalue weighted by Crippen LogP contribution is -2.74. The number of aliphatic imine (C=N–C) groups is 1. The van der Waals surface area contributed by atoms with E-state index in [-0.39, 0.29) is 34.2 Å². The van der Waals surface area contributed by atoms with Crippen LogP contribution in [0.4, 0.5) is 9.93 Å². The number of nitrogens with two attached hydrogens (primary N) is 3. The summed E-state index contributed by atoms with van der Waals surface area (Å²) in [5.74, 6) is -3.99.